The van der Waals surface area contributed by atoms with Crippen LogP contribution in [0.4, 0.5) is 5.69 Å². The van der Waals surface area contributed by atoms with E-state index in [0.717, 1.165) is 21.7 Å². The van der Waals surface area contributed by atoms with Crippen LogP contribution < -0.4 is 19.1 Å². The molecule has 9 nitrogen and oxygen atoms in total. The maximum absolute atomic E-state index is 13.8. The van der Waals surface area contributed by atoms with Gasteiger partial charge in [0.15, 0.2) is 11.5 Å². The first-order valence-corrected chi connectivity index (χ1v) is 13.7. The zero-order valence-corrected chi connectivity index (χ0v) is 22.5. The first-order chi connectivity index (χ1) is 16.8. The van der Waals surface area contributed by atoms with Gasteiger partial charge in [-0.25, -0.2) is 8.42 Å². The van der Waals surface area contributed by atoms with Gasteiger partial charge in [-0.2, -0.15) is 0 Å². The summed E-state index contributed by atoms with van der Waals surface area (Å²) in [5.41, 5.74) is 1.63. The summed E-state index contributed by atoms with van der Waals surface area (Å²) in [4.78, 5) is 28.5. The summed E-state index contributed by atoms with van der Waals surface area (Å²) in [5.74, 6) is 0.129. The zero-order chi connectivity index (χ0) is 26.7. The SMILES string of the molecule is CC[C@@H](C(=O)NC(C)(C)C)N(Cc1ccccc1C)C(=O)CN(c1ccc2c(c1)OCO2)S(C)(=O)=O. The number of nitrogens with zero attached hydrogens (tertiary/aromatic N) is 2. The van der Waals surface area contributed by atoms with Crippen LogP contribution in [-0.2, 0) is 26.2 Å². The van der Waals surface area contributed by atoms with E-state index in [1.165, 1.54) is 11.0 Å². The third kappa shape index (κ3) is 6.69. The molecule has 0 aromatic heterocycles. The molecule has 0 saturated heterocycles. The average molecular weight is 518 g/mol. The largest absolute Gasteiger partial charge is 0.454 e. The highest BCUT2D eigenvalue weighted by Crippen LogP contribution is 2.36. The van der Waals surface area contributed by atoms with Crippen molar-refractivity contribution in [2.24, 2.45) is 0 Å². The Morgan fingerprint density at radius 2 is 1.75 bits per heavy atom. The number of benzene rings is 2. The van der Waals surface area contributed by atoms with E-state index in [0.29, 0.717) is 17.9 Å². The van der Waals surface area contributed by atoms with E-state index in [1.807, 2.05) is 58.9 Å². The van der Waals surface area contributed by atoms with Crippen molar-refractivity contribution >= 4 is 27.5 Å². The summed E-state index contributed by atoms with van der Waals surface area (Å²) < 4.78 is 37.3. The molecule has 1 aliphatic rings. The van der Waals surface area contributed by atoms with E-state index in [2.05, 4.69) is 5.32 Å². The van der Waals surface area contributed by atoms with Gasteiger partial charge in [0, 0.05) is 18.2 Å². The minimum absolute atomic E-state index is 0.0435. The van der Waals surface area contributed by atoms with Gasteiger partial charge in [0.25, 0.3) is 0 Å². The minimum Gasteiger partial charge on any atom is -0.454 e. The van der Waals surface area contributed by atoms with Crippen molar-refractivity contribution in [2.75, 3.05) is 23.9 Å². The Hall–Kier alpha value is -3.27. The molecule has 0 saturated carbocycles. The molecule has 0 fully saturated rings. The quantitative estimate of drug-likeness (QED) is 0.548. The third-order valence-corrected chi connectivity index (χ3v) is 6.95. The molecular weight excluding hydrogens is 482 g/mol. The number of carbonyl (C=O) groups excluding carboxylic acids is 2. The number of nitrogens with one attached hydrogen (secondary N) is 1. The monoisotopic (exact) mass is 517 g/mol. The Kier molecular flexibility index (Phi) is 8.18. The average Bonchev–Trinajstić information content (AvgIpc) is 3.24. The van der Waals surface area contributed by atoms with Crippen LogP contribution in [0.1, 0.15) is 45.2 Å². The van der Waals surface area contributed by atoms with Crippen LogP contribution in [0.3, 0.4) is 0 Å². The second-order valence-corrected chi connectivity index (χ2v) is 11.8. The lowest BCUT2D eigenvalue weighted by atomic mass is 10.0. The molecule has 0 bridgehead atoms. The van der Waals surface area contributed by atoms with Gasteiger partial charge in [-0.1, -0.05) is 31.2 Å². The van der Waals surface area contributed by atoms with Gasteiger partial charge in [0.1, 0.15) is 12.6 Å². The van der Waals surface area contributed by atoms with Crippen LogP contribution in [0.5, 0.6) is 11.5 Å². The zero-order valence-electron chi connectivity index (χ0n) is 21.7. The molecule has 1 atom stereocenters. The van der Waals surface area contributed by atoms with Gasteiger partial charge < -0.3 is 19.7 Å². The van der Waals surface area contributed by atoms with Crippen LogP contribution in [0.15, 0.2) is 42.5 Å². The first-order valence-electron chi connectivity index (χ1n) is 11.8. The van der Waals surface area contributed by atoms with E-state index in [9.17, 15) is 18.0 Å². The van der Waals surface area contributed by atoms with Gasteiger partial charge in [0.2, 0.25) is 28.6 Å². The molecule has 1 N–H and O–H groups in total. The topological polar surface area (TPSA) is 105 Å². The van der Waals surface area contributed by atoms with Crippen LogP contribution in [0.2, 0.25) is 0 Å². The fraction of sp³-hybridized carbons (Fsp3) is 0.462. The van der Waals surface area contributed by atoms with Crippen molar-refractivity contribution in [1.29, 1.82) is 0 Å². The Balaban J connectivity index is 1.97. The lowest BCUT2D eigenvalue weighted by Crippen LogP contribution is -2.55. The number of aryl methyl sites for hydroxylation is 1. The Labute approximate surface area is 213 Å². The molecule has 2 amide bonds. The highest BCUT2D eigenvalue weighted by molar-refractivity contribution is 7.92. The summed E-state index contributed by atoms with van der Waals surface area (Å²) in [6, 6.07) is 11.5. The number of hydrogen-bond donors (Lipinski definition) is 1. The maximum atomic E-state index is 13.8. The van der Waals surface area contributed by atoms with E-state index in [1.54, 1.807) is 12.1 Å². The van der Waals surface area contributed by atoms with Crippen LogP contribution in [0, 0.1) is 6.92 Å². The third-order valence-electron chi connectivity index (χ3n) is 5.81. The normalized spacial score (nSPS) is 13.7. The van der Waals surface area contributed by atoms with Gasteiger partial charge >= 0.3 is 0 Å². The predicted molar refractivity (Wildman–Crippen MR) is 138 cm³/mol. The van der Waals surface area contributed by atoms with Crippen molar-refractivity contribution < 1.29 is 27.5 Å². The standard InChI is InChI=1S/C26H35N3O6S/c1-7-21(25(31)27-26(3,4)5)28(15-19-11-9-8-10-18(19)2)24(30)16-29(36(6,32)33)20-12-13-22-23(14-20)35-17-34-22/h8-14,21H,7,15-17H2,1-6H3,(H,27,31)/t21-/m0/s1. The number of amides is 2. The Bertz CT molecular complexity index is 1220. The van der Waals surface area contributed by atoms with E-state index < -0.39 is 34.1 Å². The van der Waals surface area contributed by atoms with E-state index in [-0.39, 0.29) is 24.9 Å². The second kappa shape index (κ2) is 10.8. The summed E-state index contributed by atoms with van der Waals surface area (Å²) in [6.07, 6.45) is 1.41. The van der Waals surface area contributed by atoms with Crippen molar-refractivity contribution in [3.05, 3.63) is 53.6 Å². The molecule has 0 spiro atoms. The summed E-state index contributed by atoms with van der Waals surface area (Å²) in [7, 11) is -3.84. The minimum atomic E-state index is -3.84. The number of carbonyl (C=O) groups is 2. The van der Waals surface area contributed by atoms with Gasteiger partial charge in [-0.05, 0) is 57.4 Å². The van der Waals surface area contributed by atoms with E-state index >= 15 is 0 Å². The summed E-state index contributed by atoms with van der Waals surface area (Å²) in [6.45, 7) is 9.12. The molecule has 0 radical (unpaired) electrons. The number of ether oxygens (including phenoxy) is 2. The number of rotatable bonds is 9. The molecule has 3 rings (SSSR count). The molecule has 2 aromatic rings. The lowest BCUT2D eigenvalue weighted by Gasteiger charge is -2.34. The Morgan fingerprint density at radius 1 is 1.08 bits per heavy atom. The summed E-state index contributed by atoms with van der Waals surface area (Å²) in [5, 5.41) is 2.95. The van der Waals surface area contributed by atoms with Crippen molar-refractivity contribution in [3.63, 3.8) is 0 Å². The van der Waals surface area contributed by atoms with E-state index in [4.69, 9.17) is 9.47 Å². The first kappa shape index (κ1) is 27.3. The molecule has 10 heteroatoms. The second-order valence-electron chi connectivity index (χ2n) is 9.92. The van der Waals surface area contributed by atoms with Crippen LogP contribution in [-0.4, -0.2) is 56.3 Å². The van der Waals surface area contributed by atoms with Crippen LogP contribution >= 0.6 is 0 Å². The molecule has 0 unspecified atom stereocenters. The van der Waals surface area contributed by atoms with Gasteiger partial charge in [-0.15, -0.1) is 0 Å². The number of fused-ring (bicyclic) bond motifs is 1. The Morgan fingerprint density at radius 3 is 2.36 bits per heavy atom. The number of sulfonamides is 1. The van der Waals surface area contributed by atoms with Gasteiger partial charge in [0.05, 0.1) is 11.9 Å². The number of hydrogen-bond acceptors (Lipinski definition) is 6. The molecule has 1 aliphatic heterocycles. The molecule has 36 heavy (non-hydrogen) atoms. The highest BCUT2D eigenvalue weighted by atomic mass is 32.2. The van der Waals surface area contributed by atoms with Gasteiger partial charge in [-0.3, -0.25) is 13.9 Å². The molecular formula is C26H35N3O6S. The fourth-order valence-corrected chi connectivity index (χ4v) is 4.84. The molecule has 196 valence electrons. The van der Waals surface area contributed by atoms with Crippen LogP contribution in [0.25, 0.3) is 0 Å². The molecule has 2 aromatic carbocycles. The predicted octanol–water partition coefficient (Wildman–Crippen LogP) is 3.21. The molecule has 0 aliphatic carbocycles. The lowest BCUT2D eigenvalue weighted by molar-refractivity contribution is -0.141. The van der Waals surface area contributed by atoms with Crippen molar-refractivity contribution in [2.45, 2.75) is 59.2 Å². The smallest absolute Gasteiger partial charge is 0.244 e. The van der Waals surface area contributed by atoms with Crippen molar-refractivity contribution in [1.82, 2.24) is 10.2 Å². The summed E-state index contributed by atoms with van der Waals surface area (Å²) >= 11 is 0. The number of anilines is 1. The highest BCUT2D eigenvalue weighted by Gasteiger charge is 2.33. The maximum Gasteiger partial charge on any atom is 0.244 e. The van der Waals surface area contributed by atoms with Crippen molar-refractivity contribution in [3.8, 4) is 11.5 Å². The fourth-order valence-electron chi connectivity index (χ4n) is 4.00. The molecule has 1 heterocycles.